The number of nitrogens with zero attached hydrogens (tertiary/aromatic N) is 1. The number of nitro benzene ring substituents is 1. The van der Waals surface area contributed by atoms with Gasteiger partial charge in [0, 0.05) is 21.8 Å². The molecule has 116 valence electrons. The highest BCUT2D eigenvalue weighted by atomic mass is 79.9. The summed E-state index contributed by atoms with van der Waals surface area (Å²) in [6.45, 7) is 1.33. The van der Waals surface area contributed by atoms with Gasteiger partial charge in [0.25, 0.3) is 15.7 Å². The van der Waals surface area contributed by atoms with E-state index >= 15 is 0 Å². The van der Waals surface area contributed by atoms with E-state index in [9.17, 15) is 22.9 Å². The predicted molar refractivity (Wildman–Crippen MR) is 82.7 cm³/mol. The van der Waals surface area contributed by atoms with E-state index < -0.39 is 31.3 Å². The Hall–Kier alpha value is -2.00. The summed E-state index contributed by atoms with van der Waals surface area (Å²) in [6.07, 6.45) is 0. The molecule has 2 rings (SSSR count). The first-order valence-electron chi connectivity index (χ1n) is 5.93. The van der Waals surface area contributed by atoms with Crippen LogP contribution in [0.3, 0.4) is 0 Å². The summed E-state index contributed by atoms with van der Waals surface area (Å²) in [4.78, 5) is 9.35. The lowest BCUT2D eigenvalue weighted by Gasteiger charge is -2.10. The summed E-state index contributed by atoms with van der Waals surface area (Å²) >= 11 is 3.18. The maximum atomic E-state index is 13.9. The van der Waals surface area contributed by atoms with Crippen molar-refractivity contribution in [1.29, 1.82) is 0 Å². The van der Waals surface area contributed by atoms with Crippen molar-refractivity contribution in [3.8, 4) is 0 Å². The number of hydrogen-bond donors (Lipinski definition) is 1. The predicted octanol–water partition coefficient (Wildman–Crippen LogP) is 3.61. The molecule has 0 aliphatic heterocycles. The Kier molecular flexibility index (Phi) is 4.47. The van der Waals surface area contributed by atoms with Gasteiger partial charge in [-0.3, -0.25) is 14.8 Å². The first-order valence-corrected chi connectivity index (χ1v) is 8.21. The molecule has 0 radical (unpaired) electrons. The molecule has 0 amide bonds. The average molecular weight is 389 g/mol. The second kappa shape index (κ2) is 6.01. The molecule has 0 saturated carbocycles. The van der Waals surface area contributed by atoms with Crippen LogP contribution in [0.15, 0.2) is 45.8 Å². The molecule has 0 unspecified atom stereocenters. The molecule has 0 spiro atoms. The van der Waals surface area contributed by atoms with Gasteiger partial charge in [-0.2, -0.15) is 0 Å². The number of halogens is 2. The van der Waals surface area contributed by atoms with Crippen LogP contribution < -0.4 is 4.72 Å². The summed E-state index contributed by atoms with van der Waals surface area (Å²) < 4.78 is 41.2. The average Bonchev–Trinajstić information content (AvgIpc) is 2.37. The summed E-state index contributed by atoms with van der Waals surface area (Å²) in [5, 5.41) is 10.9. The lowest BCUT2D eigenvalue weighted by molar-refractivity contribution is -0.385. The van der Waals surface area contributed by atoms with Gasteiger partial charge in [-0.1, -0.05) is 22.0 Å². The fraction of sp³-hybridized carbons (Fsp3) is 0.0769. The molecule has 2 aromatic rings. The molecular formula is C13H10BrFN2O4S. The molecule has 1 N–H and O–H groups in total. The minimum Gasteiger partial charge on any atom is -0.280 e. The molecule has 0 fully saturated rings. The van der Waals surface area contributed by atoms with Gasteiger partial charge >= 0.3 is 0 Å². The Bertz CT molecular complexity index is 855. The van der Waals surface area contributed by atoms with Crippen LogP contribution >= 0.6 is 15.9 Å². The maximum absolute atomic E-state index is 13.9. The molecule has 0 saturated heterocycles. The van der Waals surface area contributed by atoms with Crippen LogP contribution in [0.1, 0.15) is 5.56 Å². The number of anilines is 1. The topological polar surface area (TPSA) is 89.3 Å². The lowest BCUT2D eigenvalue weighted by Crippen LogP contribution is -2.15. The normalized spacial score (nSPS) is 11.2. The molecular weight excluding hydrogens is 379 g/mol. The first kappa shape index (κ1) is 16.4. The van der Waals surface area contributed by atoms with Crippen molar-refractivity contribution in [3.63, 3.8) is 0 Å². The van der Waals surface area contributed by atoms with Crippen LogP contribution in [-0.4, -0.2) is 13.3 Å². The number of sulfonamides is 1. The summed E-state index contributed by atoms with van der Waals surface area (Å²) in [5.41, 5.74) is -0.211. The highest BCUT2D eigenvalue weighted by molar-refractivity contribution is 9.10. The zero-order valence-electron chi connectivity index (χ0n) is 11.2. The number of rotatable bonds is 4. The fourth-order valence-electron chi connectivity index (χ4n) is 1.81. The van der Waals surface area contributed by atoms with E-state index in [0.717, 1.165) is 6.07 Å². The molecule has 6 nitrogen and oxygen atoms in total. The van der Waals surface area contributed by atoms with Crippen molar-refractivity contribution in [2.45, 2.75) is 11.8 Å². The smallest absolute Gasteiger partial charge is 0.273 e. The van der Waals surface area contributed by atoms with Gasteiger partial charge < -0.3 is 0 Å². The van der Waals surface area contributed by atoms with Crippen molar-refractivity contribution in [2.24, 2.45) is 0 Å². The zero-order chi connectivity index (χ0) is 16.5. The Labute approximate surface area is 134 Å². The zero-order valence-corrected chi connectivity index (χ0v) is 13.6. The van der Waals surface area contributed by atoms with Crippen LogP contribution in [0.25, 0.3) is 0 Å². The van der Waals surface area contributed by atoms with Crippen molar-refractivity contribution < 1.29 is 17.7 Å². The molecule has 0 aromatic heterocycles. The first-order chi connectivity index (χ1) is 10.2. The van der Waals surface area contributed by atoms with Gasteiger partial charge in [0.1, 0.15) is 10.7 Å². The number of benzene rings is 2. The number of nitro groups is 1. The van der Waals surface area contributed by atoms with E-state index in [4.69, 9.17) is 0 Å². The Morgan fingerprint density at radius 3 is 2.55 bits per heavy atom. The molecule has 22 heavy (non-hydrogen) atoms. The second-order valence-electron chi connectivity index (χ2n) is 4.44. The van der Waals surface area contributed by atoms with Crippen LogP contribution in [0, 0.1) is 22.9 Å². The Balaban J connectivity index is 2.50. The molecule has 0 heterocycles. The molecule has 0 aliphatic carbocycles. The van der Waals surface area contributed by atoms with Crippen molar-refractivity contribution >= 4 is 37.3 Å². The van der Waals surface area contributed by atoms with Crippen LogP contribution in [-0.2, 0) is 10.0 Å². The van der Waals surface area contributed by atoms with Crippen molar-refractivity contribution in [1.82, 2.24) is 0 Å². The maximum Gasteiger partial charge on any atom is 0.273 e. The molecule has 2 aromatic carbocycles. The lowest BCUT2D eigenvalue weighted by atomic mass is 10.2. The van der Waals surface area contributed by atoms with E-state index in [2.05, 4.69) is 20.7 Å². The van der Waals surface area contributed by atoms with Crippen LogP contribution in [0.5, 0.6) is 0 Å². The molecule has 0 aliphatic rings. The van der Waals surface area contributed by atoms with Gasteiger partial charge in [-0.05, 0) is 31.2 Å². The summed E-state index contributed by atoms with van der Waals surface area (Å²) in [5.74, 6) is -1.05. The highest BCUT2D eigenvalue weighted by Crippen LogP contribution is 2.27. The summed E-state index contributed by atoms with van der Waals surface area (Å²) in [7, 11) is -4.28. The number of nitrogens with one attached hydrogen (secondary N) is 1. The fourth-order valence-corrected chi connectivity index (χ4v) is 3.34. The number of aryl methyl sites for hydroxylation is 1. The molecule has 9 heteroatoms. The second-order valence-corrected chi connectivity index (χ2v) is 7.01. The van der Waals surface area contributed by atoms with Gasteiger partial charge in [0.05, 0.1) is 4.92 Å². The van der Waals surface area contributed by atoms with Gasteiger partial charge in [0.2, 0.25) is 0 Å². The van der Waals surface area contributed by atoms with E-state index in [0.29, 0.717) is 10.5 Å². The SMILES string of the molecule is Cc1cc(F)c(S(=O)(=O)Nc2cccc(Br)c2)cc1[N+](=O)[O-]. The number of hydrogen-bond acceptors (Lipinski definition) is 4. The van der Waals surface area contributed by atoms with Gasteiger partial charge in [-0.25, -0.2) is 12.8 Å². The molecule has 0 atom stereocenters. The van der Waals surface area contributed by atoms with Crippen molar-refractivity contribution in [3.05, 3.63) is 62.4 Å². The third-order valence-corrected chi connectivity index (χ3v) is 4.70. The van der Waals surface area contributed by atoms with Crippen LogP contribution in [0.2, 0.25) is 0 Å². The van der Waals surface area contributed by atoms with Crippen molar-refractivity contribution in [2.75, 3.05) is 4.72 Å². The molecule has 0 bridgehead atoms. The highest BCUT2D eigenvalue weighted by Gasteiger charge is 2.24. The third kappa shape index (κ3) is 3.42. The monoisotopic (exact) mass is 388 g/mol. The van der Waals surface area contributed by atoms with E-state index in [1.165, 1.54) is 19.1 Å². The van der Waals surface area contributed by atoms with E-state index in [1.807, 2.05) is 0 Å². The largest absolute Gasteiger partial charge is 0.280 e. The van der Waals surface area contributed by atoms with Crippen LogP contribution in [0.4, 0.5) is 15.8 Å². The quantitative estimate of drug-likeness (QED) is 0.639. The minimum atomic E-state index is -4.28. The Morgan fingerprint density at radius 1 is 1.27 bits per heavy atom. The summed E-state index contributed by atoms with van der Waals surface area (Å²) in [6, 6.07) is 7.78. The van der Waals surface area contributed by atoms with Gasteiger partial charge in [-0.15, -0.1) is 0 Å². The Morgan fingerprint density at radius 2 is 1.95 bits per heavy atom. The minimum absolute atomic E-state index is 0.0453. The van der Waals surface area contributed by atoms with E-state index in [1.54, 1.807) is 12.1 Å². The van der Waals surface area contributed by atoms with E-state index in [-0.39, 0.29) is 11.3 Å². The standard InChI is InChI=1S/C13H10BrFN2O4S/c1-8-5-11(15)13(7-12(8)17(18)19)22(20,21)16-10-4-2-3-9(14)6-10/h2-7,16H,1H3. The van der Waals surface area contributed by atoms with Gasteiger partial charge in [0.15, 0.2) is 0 Å². The third-order valence-electron chi connectivity index (χ3n) is 2.81.